The van der Waals surface area contributed by atoms with Gasteiger partial charge in [0.25, 0.3) is 0 Å². The second kappa shape index (κ2) is 4.14. The van der Waals surface area contributed by atoms with E-state index in [4.69, 9.17) is 11.6 Å². The number of rotatable bonds is 4. The average Bonchev–Trinajstić information content (AvgIpc) is 2.94. The van der Waals surface area contributed by atoms with Gasteiger partial charge < -0.3 is 5.11 Å². The fourth-order valence-electron chi connectivity index (χ4n) is 1.39. The van der Waals surface area contributed by atoms with E-state index in [1.54, 1.807) is 0 Å². The number of anilines is 1. The van der Waals surface area contributed by atoms with Gasteiger partial charge in [-0.05, 0) is 30.9 Å². The number of phenols is 1. The zero-order chi connectivity index (χ0) is 11.8. The molecule has 0 bridgehead atoms. The zero-order valence-electron chi connectivity index (χ0n) is 8.48. The third-order valence-electron chi connectivity index (χ3n) is 2.37. The molecule has 88 valence electrons. The van der Waals surface area contributed by atoms with Crippen molar-refractivity contribution in [3.05, 3.63) is 23.2 Å². The first-order chi connectivity index (χ1) is 7.46. The Hall–Kier alpha value is -0.940. The molecule has 0 aromatic heterocycles. The highest BCUT2D eigenvalue weighted by molar-refractivity contribution is 7.92. The highest BCUT2D eigenvalue weighted by atomic mass is 35.5. The van der Waals surface area contributed by atoms with Crippen molar-refractivity contribution in [1.29, 1.82) is 0 Å². The molecule has 0 radical (unpaired) electrons. The largest absolute Gasteiger partial charge is 0.506 e. The highest BCUT2D eigenvalue weighted by Crippen LogP contribution is 2.31. The minimum atomic E-state index is -3.31. The minimum absolute atomic E-state index is 0.131. The number of hydrogen-bond acceptors (Lipinski definition) is 3. The molecule has 0 amide bonds. The van der Waals surface area contributed by atoms with Crippen LogP contribution >= 0.6 is 11.6 Å². The van der Waals surface area contributed by atoms with Crippen LogP contribution in [0.5, 0.6) is 5.75 Å². The van der Waals surface area contributed by atoms with Crippen molar-refractivity contribution in [1.82, 2.24) is 0 Å². The van der Waals surface area contributed by atoms with E-state index >= 15 is 0 Å². The van der Waals surface area contributed by atoms with E-state index in [1.807, 2.05) is 0 Å². The van der Waals surface area contributed by atoms with Crippen LogP contribution in [-0.4, -0.2) is 19.3 Å². The van der Waals surface area contributed by atoms with Gasteiger partial charge in [0.2, 0.25) is 10.0 Å². The normalized spacial score (nSPS) is 16.1. The van der Waals surface area contributed by atoms with E-state index in [2.05, 4.69) is 4.72 Å². The van der Waals surface area contributed by atoms with Crippen molar-refractivity contribution in [2.75, 3.05) is 10.5 Å². The average molecular weight is 262 g/mol. The van der Waals surface area contributed by atoms with Crippen molar-refractivity contribution in [3.63, 3.8) is 0 Å². The summed E-state index contributed by atoms with van der Waals surface area (Å²) in [6.07, 6.45) is 1.96. The van der Waals surface area contributed by atoms with E-state index in [0.29, 0.717) is 11.6 Å². The number of nitrogens with one attached hydrogen (secondary N) is 1. The number of phenolic OH excluding ortho intramolecular Hbond substituents is 1. The Kier molecular flexibility index (Phi) is 2.99. The van der Waals surface area contributed by atoms with Crippen LogP contribution in [0.15, 0.2) is 18.2 Å². The molecule has 1 aromatic rings. The van der Waals surface area contributed by atoms with Crippen molar-refractivity contribution in [2.45, 2.75) is 12.8 Å². The summed E-state index contributed by atoms with van der Waals surface area (Å²) >= 11 is 5.62. The predicted octanol–water partition coefficient (Wildman–Crippen LogP) is 2.20. The van der Waals surface area contributed by atoms with Crippen LogP contribution in [0.3, 0.4) is 0 Å². The predicted molar refractivity (Wildman–Crippen MR) is 63.3 cm³/mol. The lowest BCUT2D eigenvalue weighted by molar-refractivity contribution is 0.476. The summed E-state index contributed by atoms with van der Waals surface area (Å²) in [4.78, 5) is 0. The van der Waals surface area contributed by atoms with Gasteiger partial charge >= 0.3 is 0 Å². The summed E-state index contributed by atoms with van der Waals surface area (Å²) in [6, 6.07) is 4.27. The van der Waals surface area contributed by atoms with Crippen LogP contribution in [0, 0.1) is 5.92 Å². The first kappa shape index (κ1) is 11.5. The molecule has 1 aliphatic carbocycles. The molecule has 4 nitrogen and oxygen atoms in total. The molecule has 0 saturated heterocycles. The van der Waals surface area contributed by atoms with Crippen molar-refractivity contribution >= 4 is 27.3 Å². The molecule has 1 aromatic carbocycles. The summed E-state index contributed by atoms with van der Waals surface area (Å²) < 4.78 is 25.7. The van der Waals surface area contributed by atoms with Crippen LogP contribution in [0.1, 0.15) is 12.8 Å². The van der Waals surface area contributed by atoms with Crippen LogP contribution in [0.2, 0.25) is 5.02 Å². The minimum Gasteiger partial charge on any atom is -0.506 e. The summed E-state index contributed by atoms with van der Waals surface area (Å²) in [5.74, 6) is 0.308. The van der Waals surface area contributed by atoms with Gasteiger partial charge in [0.05, 0.1) is 16.5 Å². The smallest absolute Gasteiger partial charge is 0.232 e. The van der Waals surface area contributed by atoms with Crippen molar-refractivity contribution in [3.8, 4) is 5.75 Å². The monoisotopic (exact) mass is 261 g/mol. The zero-order valence-corrected chi connectivity index (χ0v) is 10.1. The summed E-state index contributed by atoms with van der Waals surface area (Å²) in [7, 11) is -3.31. The van der Waals surface area contributed by atoms with Gasteiger partial charge in [-0.2, -0.15) is 0 Å². The Morgan fingerprint density at radius 1 is 1.44 bits per heavy atom. The van der Waals surface area contributed by atoms with Gasteiger partial charge in [0, 0.05) is 6.07 Å². The Morgan fingerprint density at radius 2 is 2.12 bits per heavy atom. The third-order valence-corrected chi connectivity index (χ3v) is 4.15. The fraction of sp³-hybridized carbons (Fsp3) is 0.400. The van der Waals surface area contributed by atoms with Gasteiger partial charge in [-0.25, -0.2) is 8.42 Å². The molecule has 2 N–H and O–H groups in total. The molecule has 1 aliphatic rings. The number of hydrogen-bond donors (Lipinski definition) is 2. The van der Waals surface area contributed by atoms with Crippen molar-refractivity contribution < 1.29 is 13.5 Å². The maximum atomic E-state index is 11.6. The molecule has 6 heteroatoms. The molecular weight excluding hydrogens is 250 g/mol. The molecule has 0 aliphatic heterocycles. The van der Waals surface area contributed by atoms with Gasteiger partial charge in [0.1, 0.15) is 5.75 Å². The second-order valence-electron chi connectivity index (χ2n) is 3.99. The Labute approximate surface area is 99.3 Å². The van der Waals surface area contributed by atoms with Gasteiger partial charge in [-0.15, -0.1) is 0 Å². The molecule has 2 rings (SSSR count). The number of sulfonamides is 1. The number of aromatic hydroxyl groups is 1. The standard InChI is InChI=1S/C10H12ClNO3S/c11-9-4-3-8(5-10(9)13)12-16(14,15)6-7-1-2-7/h3-5,7,12-13H,1-2,6H2. The molecule has 16 heavy (non-hydrogen) atoms. The summed E-state index contributed by atoms with van der Waals surface area (Å²) in [5.41, 5.74) is 0.336. The van der Waals surface area contributed by atoms with Gasteiger partial charge in [-0.3, -0.25) is 4.72 Å². The van der Waals surface area contributed by atoms with E-state index in [1.165, 1.54) is 18.2 Å². The van der Waals surface area contributed by atoms with Crippen LogP contribution in [0.25, 0.3) is 0 Å². The van der Waals surface area contributed by atoms with E-state index < -0.39 is 10.0 Å². The number of benzene rings is 1. The highest BCUT2D eigenvalue weighted by Gasteiger charge is 2.27. The molecular formula is C10H12ClNO3S. The third kappa shape index (κ3) is 3.02. The molecule has 0 heterocycles. The second-order valence-corrected chi connectivity index (χ2v) is 6.17. The Balaban J connectivity index is 2.10. The first-order valence-electron chi connectivity index (χ1n) is 4.95. The van der Waals surface area contributed by atoms with Crippen LogP contribution < -0.4 is 4.72 Å². The molecule has 0 unspecified atom stereocenters. The van der Waals surface area contributed by atoms with Gasteiger partial charge in [-0.1, -0.05) is 11.6 Å². The quantitative estimate of drug-likeness (QED) is 0.873. The lowest BCUT2D eigenvalue weighted by Gasteiger charge is -2.08. The molecule has 0 spiro atoms. The van der Waals surface area contributed by atoms with Crippen LogP contribution in [0.4, 0.5) is 5.69 Å². The maximum absolute atomic E-state index is 11.6. The molecule has 1 fully saturated rings. The number of halogens is 1. The van der Waals surface area contributed by atoms with E-state index in [-0.39, 0.29) is 16.5 Å². The Bertz CT molecular complexity index is 497. The van der Waals surface area contributed by atoms with E-state index in [9.17, 15) is 13.5 Å². The summed E-state index contributed by atoms with van der Waals surface area (Å²) in [5, 5.41) is 9.52. The molecule has 1 saturated carbocycles. The molecule has 0 atom stereocenters. The maximum Gasteiger partial charge on any atom is 0.232 e. The lowest BCUT2D eigenvalue weighted by atomic mass is 10.3. The topological polar surface area (TPSA) is 66.4 Å². The Morgan fingerprint density at radius 3 is 2.69 bits per heavy atom. The van der Waals surface area contributed by atoms with Crippen LogP contribution in [-0.2, 0) is 10.0 Å². The first-order valence-corrected chi connectivity index (χ1v) is 6.98. The van der Waals surface area contributed by atoms with Crippen molar-refractivity contribution in [2.24, 2.45) is 5.92 Å². The summed E-state index contributed by atoms with van der Waals surface area (Å²) in [6.45, 7) is 0. The van der Waals surface area contributed by atoms with E-state index in [0.717, 1.165) is 12.8 Å². The SMILES string of the molecule is O=S(=O)(CC1CC1)Nc1ccc(Cl)c(O)c1. The van der Waals surface area contributed by atoms with Gasteiger partial charge in [0.15, 0.2) is 0 Å². The lowest BCUT2D eigenvalue weighted by Crippen LogP contribution is -2.17. The fourth-order valence-corrected chi connectivity index (χ4v) is 3.03.